The average Bonchev–Trinajstić information content (AvgIpc) is 3.30. The summed E-state index contributed by atoms with van der Waals surface area (Å²) in [4.78, 5) is 16.1. The highest BCUT2D eigenvalue weighted by Crippen LogP contribution is 2.28. The molecular weight excluding hydrogens is 292 g/mol. The Balaban J connectivity index is 1.61. The van der Waals surface area contributed by atoms with Crippen molar-refractivity contribution < 1.29 is 4.79 Å². The number of aryl methyl sites for hydroxylation is 2. The molecule has 0 unspecified atom stereocenters. The van der Waals surface area contributed by atoms with Crippen LogP contribution in [0.15, 0.2) is 17.4 Å². The van der Waals surface area contributed by atoms with Crippen LogP contribution in [0, 0.1) is 5.92 Å². The summed E-state index contributed by atoms with van der Waals surface area (Å²) in [6, 6.07) is 0. The molecule has 0 saturated heterocycles. The Hall–Kier alpha value is -2.05. The van der Waals surface area contributed by atoms with Gasteiger partial charge >= 0.3 is 0 Å². The topological polar surface area (TPSA) is 83.3 Å². The third kappa shape index (κ3) is 6.71. The van der Waals surface area contributed by atoms with E-state index in [4.69, 9.17) is 0 Å². The largest absolute Gasteiger partial charge is 0.357 e. The molecule has 1 aliphatic rings. The lowest BCUT2D eigenvalue weighted by Crippen LogP contribution is -2.41. The lowest BCUT2D eigenvalue weighted by Gasteiger charge is -2.11. The third-order valence-electron chi connectivity index (χ3n) is 3.66. The normalized spacial score (nSPS) is 14.6. The quantitative estimate of drug-likeness (QED) is 0.350. The van der Waals surface area contributed by atoms with Gasteiger partial charge in [-0.2, -0.15) is 5.10 Å². The molecular formula is C16H28N6O. The van der Waals surface area contributed by atoms with Gasteiger partial charge in [0.05, 0.1) is 6.20 Å². The molecule has 1 fully saturated rings. The Morgan fingerprint density at radius 3 is 2.78 bits per heavy atom. The lowest BCUT2D eigenvalue weighted by atomic mass is 10.2. The highest BCUT2D eigenvalue weighted by atomic mass is 16.2. The first-order valence-corrected chi connectivity index (χ1v) is 8.46. The predicted octanol–water partition coefficient (Wildman–Crippen LogP) is 0.434. The van der Waals surface area contributed by atoms with Crippen molar-refractivity contribution >= 4 is 11.9 Å². The van der Waals surface area contributed by atoms with E-state index in [-0.39, 0.29) is 11.8 Å². The van der Waals surface area contributed by atoms with E-state index in [1.807, 2.05) is 31.0 Å². The second-order valence-electron chi connectivity index (χ2n) is 5.88. The SMILES string of the molecule is CCNC(=NCCCc1cnn(C)c1)NCCNC(=O)C1CC1. The molecule has 1 aliphatic carbocycles. The van der Waals surface area contributed by atoms with Gasteiger partial charge in [-0.3, -0.25) is 14.5 Å². The molecule has 0 aromatic carbocycles. The summed E-state index contributed by atoms with van der Waals surface area (Å²) in [5.74, 6) is 1.26. The maximum atomic E-state index is 11.5. The van der Waals surface area contributed by atoms with E-state index in [1.165, 1.54) is 5.56 Å². The molecule has 1 heterocycles. The monoisotopic (exact) mass is 320 g/mol. The summed E-state index contributed by atoms with van der Waals surface area (Å²) < 4.78 is 1.82. The van der Waals surface area contributed by atoms with Gasteiger partial charge in [0.15, 0.2) is 5.96 Å². The molecule has 1 aromatic heterocycles. The highest BCUT2D eigenvalue weighted by Gasteiger charge is 2.28. The lowest BCUT2D eigenvalue weighted by molar-refractivity contribution is -0.122. The smallest absolute Gasteiger partial charge is 0.223 e. The molecule has 0 aliphatic heterocycles. The van der Waals surface area contributed by atoms with Crippen molar-refractivity contribution in [2.75, 3.05) is 26.2 Å². The van der Waals surface area contributed by atoms with Crippen LogP contribution in [-0.2, 0) is 18.3 Å². The van der Waals surface area contributed by atoms with E-state index < -0.39 is 0 Å². The number of rotatable bonds is 9. The highest BCUT2D eigenvalue weighted by molar-refractivity contribution is 5.81. The van der Waals surface area contributed by atoms with E-state index in [1.54, 1.807) is 0 Å². The van der Waals surface area contributed by atoms with E-state index in [0.717, 1.165) is 44.7 Å². The predicted molar refractivity (Wildman–Crippen MR) is 91.2 cm³/mol. The van der Waals surface area contributed by atoms with Crippen LogP contribution in [0.3, 0.4) is 0 Å². The number of aromatic nitrogens is 2. The van der Waals surface area contributed by atoms with Gasteiger partial charge in [0.1, 0.15) is 0 Å². The summed E-state index contributed by atoms with van der Waals surface area (Å²) in [5, 5.41) is 13.6. The van der Waals surface area contributed by atoms with Crippen molar-refractivity contribution in [3.05, 3.63) is 18.0 Å². The first kappa shape index (κ1) is 17.3. The summed E-state index contributed by atoms with van der Waals surface area (Å²) in [5.41, 5.74) is 1.24. The Kier molecular flexibility index (Phi) is 6.90. The maximum absolute atomic E-state index is 11.5. The van der Waals surface area contributed by atoms with Crippen LogP contribution in [0.1, 0.15) is 31.7 Å². The first-order chi connectivity index (χ1) is 11.2. The van der Waals surface area contributed by atoms with Crippen LogP contribution < -0.4 is 16.0 Å². The second-order valence-corrected chi connectivity index (χ2v) is 5.88. The molecule has 1 saturated carbocycles. The zero-order valence-corrected chi connectivity index (χ0v) is 14.1. The third-order valence-corrected chi connectivity index (χ3v) is 3.66. The number of hydrogen-bond acceptors (Lipinski definition) is 3. The molecule has 1 aromatic rings. The van der Waals surface area contributed by atoms with Crippen LogP contribution in [0.4, 0.5) is 0 Å². The van der Waals surface area contributed by atoms with Gasteiger partial charge < -0.3 is 16.0 Å². The summed E-state index contributed by atoms with van der Waals surface area (Å²) in [7, 11) is 1.93. The van der Waals surface area contributed by atoms with Crippen molar-refractivity contribution in [3.63, 3.8) is 0 Å². The zero-order valence-electron chi connectivity index (χ0n) is 14.1. The van der Waals surface area contributed by atoms with Crippen molar-refractivity contribution in [1.82, 2.24) is 25.7 Å². The molecule has 23 heavy (non-hydrogen) atoms. The zero-order chi connectivity index (χ0) is 16.5. The molecule has 0 radical (unpaired) electrons. The van der Waals surface area contributed by atoms with Gasteiger partial charge in [0.2, 0.25) is 5.91 Å². The fourth-order valence-electron chi connectivity index (χ4n) is 2.27. The van der Waals surface area contributed by atoms with Gasteiger partial charge in [-0.05, 0) is 38.2 Å². The van der Waals surface area contributed by atoms with E-state index >= 15 is 0 Å². The molecule has 7 heteroatoms. The summed E-state index contributed by atoms with van der Waals surface area (Å²) >= 11 is 0. The molecule has 0 atom stereocenters. The minimum atomic E-state index is 0.185. The van der Waals surface area contributed by atoms with Crippen LogP contribution in [0.2, 0.25) is 0 Å². The van der Waals surface area contributed by atoms with Crippen LogP contribution in [0.25, 0.3) is 0 Å². The Labute approximate surface area is 137 Å². The minimum absolute atomic E-state index is 0.185. The first-order valence-electron chi connectivity index (χ1n) is 8.46. The van der Waals surface area contributed by atoms with Crippen molar-refractivity contribution in [1.29, 1.82) is 0 Å². The molecule has 0 spiro atoms. The molecule has 128 valence electrons. The number of guanidine groups is 1. The Bertz CT molecular complexity index is 520. The van der Waals surface area contributed by atoms with Crippen molar-refractivity contribution in [2.45, 2.75) is 32.6 Å². The molecule has 1 amide bonds. The summed E-state index contributed by atoms with van der Waals surface area (Å²) in [6.07, 6.45) is 7.99. The van der Waals surface area contributed by atoms with Gasteiger partial charge in [-0.15, -0.1) is 0 Å². The van der Waals surface area contributed by atoms with E-state index in [2.05, 4.69) is 26.0 Å². The number of hydrogen-bond donors (Lipinski definition) is 3. The van der Waals surface area contributed by atoms with Crippen LogP contribution >= 0.6 is 0 Å². The van der Waals surface area contributed by atoms with Gasteiger partial charge in [-0.25, -0.2) is 0 Å². The molecule has 3 N–H and O–H groups in total. The number of nitrogens with zero attached hydrogens (tertiary/aromatic N) is 3. The number of carbonyl (C=O) groups excluding carboxylic acids is 1. The Morgan fingerprint density at radius 2 is 2.13 bits per heavy atom. The van der Waals surface area contributed by atoms with Crippen LogP contribution in [0.5, 0.6) is 0 Å². The van der Waals surface area contributed by atoms with Gasteiger partial charge in [0, 0.05) is 45.3 Å². The fraction of sp³-hybridized carbons (Fsp3) is 0.688. The number of aliphatic imine (C=N–C) groups is 1. The fourth-order valence-corrected chi connectivity index (χ4v) is 2.27. The van der Waals surface area contributed by atoms with Crippen molar-refractivity contribution in [3.8, 4) is 0 Å². The number of carbonyl (C=O) groups is 1. The standard InChI is InChI=1S/C16H28N6O/c1-3-17-16(20-10-9-18-15(23)14-6-7-14)19-8-4-5-13-11-21-22(2)12-13/h11-12,14H,3-10H2,1-2H3,(H,18,23)(H2,17,19,20). The number of amides is 1. The number of nitrogens with one attached hydrogen (secondary N) is 3. The minimum Gasteiger partial charge on any atom is -0.357 e. The van der Waals surface area contributed by atoms with E-state index in [0.29, 0.717) is 13.1 Å². The van der Waals surface area contributed by atoms with E-state index in [9.17, 15) is 4.79 Å². The van der Waals surface area contributed by atoms with Gasteiger partial charge in [0.25, 0.3) is 0 Å². The molecule has 0 bridgehead atoms. The summed E-state index contributed by atoms with van der Waals surface area (Å²) in [6.45, 7) is 4.95. The molecule has 7 nitrogen and oxygen atoms in total. The van der Waals surface area contributed by atoms with Crippen LogP contribution in [-0.4, -0.2) is 47.8 Å². The average molecular weight is 320 g/mol. The van der Waals surface area contributed by atoms with Gasteiger partial charge in [-0.1, -0.05) is 0 Å². The second kappa shape index (κ2) is 9.17. The Morgan fingerprint density at radius 1 is 1.35 bits per heavy atom. The van der Waals surface area contributed by atoms with Crippen molar-refractivity contribution in [2.24, 2.45) is 18.0 Å². The molecule has 2 rings (SSSR count). The maximum Gasteiger partial charge on any atom is 0.223 e.